The summed E-state index contributed by atoms with van der Waals surface area (Å²) in [5.41, 5.74) is 2.61. The Morgan fingerprint density at radius 3 is 2.84 bits per heavy atom. The predicted octanol–water partition coefficient (Wildman–Crippen LogP) is 4.59. The van der Waals surface area contributed by atoms with Gasteiger partial charge in [0, 0.05) is 34.8 Å². The lowest BCUT2D eigenvalue weighted by Gasteiger charge is -2.14. The molecule has 7 nitrogen and oxygen atoms in total. The van der Waals surface area contributed by atoms with E-state index >= 15 is 0 Å². The lowest BCUT2D eigenvalue weighted by molar-refractivity contribution is 0.0953. The van der Waals surface area contributed by atoms with E-state index in [9.17, 15) is 4.79 Å². The molecular weight excluding hydrogens is 424 g/mol. The fourth-order valence-corrected chi connectivity index (χ4v) is 4.85. The monoisotopic (exact) mass is 448 g/mol. The molecule has 4 aromatic rings. The van der Waals surface area contributed by atoms with Gasteiger partial charge in [0.25, 0.3) is 0 Å². The number of thioether (sulfide) groups is 1. The van der Waals surface area contributed by atoms with E-state index in [4.69, 9.17) is 9.47 Å². The summed E-state index contributed by atoms with van der Waals surface area (Å²) < 4.78 is 13.2. The highest BCUT2D eigenvalue weighted by atomic mass is 32.2. The molecule has 0 spiro atoms. The molecule has 8 heteroatoms. The third-order valence-corrected chi connectivity index (χ3v) is 6.66. The minimum atomic E-state index is 0.0603. The van der Waals surface area contributed by atoms with Crippen molar-refractivity contribution in [2.24, 2.45) is 0 Å². The number of carbonyl (C=O) groups is 1. The van der Waals surface area contributed by atoms with Crippen molar-refractivity contribution < 1.29 is 14.3 Å². The van der Waals surface area contributed by atoms with Gasteiger partial charge in [-0.2, -0.15) is 0 Å². The molecule has 1 atom stereocenters. The number of aromatic amines is 1. The molecule has 3 heterocycles. The summed E-state index contributed by atoms with van der Waals surface area (Å²) in [7, 11) is 1.65. The highest BCUT2D eigenvalue weighted by molar-refractivity contribution is 7.99. The van der Waals surface area contributed by atoms with E-state index in [1.807, 2.05) is 48.5 Å². The molecule has 2 aromatic heterocycles. The first-order valence-electron chi connectivity index (χ1n) is 10.6. The van der Waals surface area contributed by atoms with Crippen LogP contribution in [-0.4, -0.2) is 51.1 Å². The lowest BCUT2D eigenvalue weighted by atomic mass is 10.1. The van der Waals surface area contributed by atoms with E-state index in [1.54, 1.807) is 13.3 Å². The van der Waals surface area contributed by atoms with Gasteiger partial charge < -0.3 is 14.5 Å². The number of aromatic nitrogens is 4. The van der Waals surface area contributed by atoms with Crippen molar-refractivity contribution in [2.75, 3.05) is 19.5 Å². The minimum Gasteiger partial charge on any atom is -0.497 e. The Hall–Kier alpha value is -3.10. The maximum absolute atomic E-state index is 13.0. The van der Waals surface area contributed by atoms with Crippen LogP contribution in [0.5, 0.6) is 5.75 Å². The van der Waals surface area contributed by atoms with Crippen LogP contribution in [-0.2, 0) is 11.3 Å². The molecule has 0 unspecified atom stereocenters. The van der Waals surface area contributed by atoms with Crippen LogP contribution >= 0.6 is 11.8 Å². The van der Waals surface area contributed by atoms with Crippen LogP contribution in [0.4, 0.5) is 0 Å². The fraction of sp³-hybridized carbons (Fsp3) is 0.292. The van der Waals surface area contributed by atoms with Gasteiger partial charge in [-0.3, -0.25) is 9.36 Å². The zero-order valence-electron chi connectivity index (χ0n) is 17.8. The number of para-hydroxylation sites is 1. The van der Waals surface area contributed by atoms with E-state index in [2.05, 4.69) is 19.7 Å². The summed E-state index contributed by atoms with van der Waals surface area (Å²) in [5, 5.41) is 10.5. The van der Waals surface area contributed by atoms with Crippen molar-refractivity contribution in [1.82, 2.24) is 19.7 Å². The predicted molar refractivity (Wildman–Crippen MR) is 124 cm³/mol. The van der Waals surface area contributed by atoms with Gasteiger partial charge in [0.2, 0.25) is 0 Å². The molecule has 0 amide bonds. The largest absolute Gasteiger partial charge is 0.497 e. The number of hydrogen-bond acceptors (Lipinski definition) is 6. The zero-order valence-corrected chi connectivity index (χ0v) is 18.6. The highest BCUT2D eigenvalue weighted by Gasteiger charge is 2.23. The van der Waals surface area contributed by atoms with Crippen LogP contribution in [0.15, 0.2) is 59.9 Å². The molecule has 164 valence electrons. The first-order chi connectivity index (χ1) is 15.7. The quantitative estimate of drug-likeness (QED) is 0.314. The summed E-state index contributed by atoms with van der Waals surface area (Å²) >= 11 is 1.41. The number of benzene rings is 2. The molecule has 1 N–H and O–H groups in total. The Labute approximate surface area is 190 Å². The number of carbonyl (C=O) groups excluding carboxylic acids is 1. The second-order valence-electron chi connectivity index (χ2n) is 7.74. The second kappa shape index (κ2) is 9.18. The summed E-state index contributed by atoms with van der Waals surface area (Å²) in [6, 6.07) is 15.6. The third kappa shape index (κ3) is 4.16. The summed E-state index contributed by atoms with van der Waals surface area (Å²) in [5.74, 6) is 1.90. The molecule has 1 aliphatic rings. The van der Waals surface area contributed by atoms with Crippen LogP contribution in [0, 0.1) is 0 Å². The summed E-state index contributed by atoms with van der Waals surface area (Å²) in [6.07, 6.45) is 3.99. The number of hydrogen-bond donors (Lipinski definition) is 1. The molecule has 1 saturated heterocycles. The third-order valence-electron chi connectivity index (χ3n) is 5.70. The van der Waals surface area contributed by atoms with Gasteiger partial charge in [0.05, 0.1) is 25.5 Å². The SMILES string of the molecule is COc1ccc(-c2nnc(SCC(=O)c3c[nH]c4ccccc34)n2C[C@H]2CCCO2)cc1. The Kier molecular flexibility index (Phi) is 5.96. The van der Waals surface area contributed by atoms with Crippen LogP contribution in [0.2, 0.25) is 0 Å². The van der Waals surface area contributed by atoms with Crippen LogP contribution in [0.1, 0.15) is 23.2 Å². The Morgan fingerprint density at radius 1 is 1.22 bits per heavy atom. The average molecular weight is 449 g/mol. The molecule has 32 heavy (non-hydrogen) atoms. The Morgan fingerprint density at radius 2 is 2.06 bits per heavy atom. The number of ether oxygens (including phenoxy) is 2. The van der Waals surface area contributed by atoms with E-state index in [0.717, 1.165) is 52.6 Å². The van der Waals surface area contributed by atoms with E-state index < -0.39 is 0 Å². The Balaban J connectivity index is 1.39. The van der Waals surface area contributed by atoms with Crippen LogP contribution in [0.25, 0.3) is 22.3 Å². The molecular formula is C24H24N4O3S. The number of methoxy groups -OCH3 is 1. The van der Waals surface area contributed by atoms with E-state index in [1.165, 1.54) is 11.8 Å². The average Bonchev–Trinajstić information content (AvgIpc) is 3.58. The number of ketones is 1. The fourth-order valence-electron chi connectivity index (χ4n) is 4.02. The van der Waals surface area contributed by atoms with Crippen molar-refractivity contribution in [3.8, 4) is 17.1 Å². The number of rotatable bonds is 8. The first-order valence-corrected chi connectivity index (χ1v) is 11.6. The van der Waals surface area contributed by atoms with Crippen molar-refractivity contribution in [3.63, 3.8) is 0 Å². The molecule has 1 fully saturated rings. The van der Waals surface area contributed by atoms with Crippen molar-refractivity contribution in [2.45, 2.75) is 30.6 Å². The van der Waals surface area contributed by atoms with Crippen molar-refractivity contribution >= 4 is 28.4 Å². The van der Waals surface area contributed by atoms with Gasteiger partial charge in [-0.1, -0.05) is 30.0 Å². The number of fused-ring (bicyclic) bond motifs is 1. The first kappa shape index (κ1) is 20.8. The van der Waals surface area contributed by atoms with Crippen LogP contribution in [0.3, 0.4) is 0 Å². The van der Waals surface area contributed by atoms with Gasteiger partial charge in [-0.25, -0.2) is 0 Å². The number of Topliss-reactive ketones (excluding diaryl/α,β-unsaturated/α-hetero) is 1. The van der Waals surface area contributed by atoms with Gasteiger partial charge in [-0.15, -0.1) is 10.2 Å². The molecule has 0 aliphatic carbocycles. The maximum atomic E-state index is 13.0. The standard InChI is InChI=1S/C24H24N4O3S/c1-30-17-10-8-16(9-11-17)23-26-27-24(28(23)14-18-5-4-12-31-18)32-15-22(29)20-13-25-21-7-3-2-6-19(20)21/h2-3,6-11,13,18,25H,4-5,12,14-15H2,1H3/t18-/m1/s1. The smallest absolute Gasteiger partial charge is 0.192 e. The van der Waals surface area contributed by atoms with Gasteiger partial charge in [0.15, 0.2) is 16.8 Å². The van der Waals surface area contributed by atoms with Gasteiger partial charge in [-0.05, 0) is 43.2 Å². The number of nitrogens with zero attached hydrogens (tertiary/aromatic N) is 3. The number of nitrogens with one attached hydrogen (secondary N) is 1. The molecule has 0 bridgehead atoms. The topological polar surface area (TPSA) is 82.0 Å². The lowest BCUT2D eigenvalue weighted by Crippen LogP contribution is -2.17. The molecule has 2 aromatic carbocycles. The number of H-pyrrole nitrogens is 1. The van der Waals surface area contributed by atoms with Crippen molar-refractivity contribution in [3.05, 3.63) is 60.3 Å². The molecule has 5 rings (SSSR count). The van der Waals surface area contributed by atoms with E-state index in [-0.39, 0.29) is 17.6 Å². The maximum Gasteiger partial charge on any atom is 0.192 e. The Bertz CT molecular complexity index is 1230. The summed E-state index contributed by atoms with van der Waals surface area (Å²) in [6.45, 7) is 1.45. The van der Waals surface area contributed by atoms with E-state index in [0.29, 0.717) is 12.1 Å². The highest BCUT2D eigenvalue weighted by Crippen LogP contribution is 2.29. The molecule has 1 aliphatic heterocycles. The summed E-state index contributed by atoms with van der Waals surface area (Å²) in [4.78, 5) is 16.1. The van der Waals surface area contributed by atoms with Crippen molar-refractivity contribution in [1.29, 1.82) is 0 Å². The normalized spacial score (nSPS) is 16.0. The molecule has 0 radical (unpaired) electrons. The minimum absolute atomic E-state index is 0.0603. The second-order valence-corrected chi connectivity index (χ2v) is 8.68. The van der Waals surface area contributed by atoms with Gasteiger partial charge >= 0.3 is 0 Å². The van der Waals surface area contributed by atoms with Gasteiger partial charge in [0.1, 0.15) is 5.75 Å². The molecule has 0 saturated carbocycles. The van der Waals surface area contributed by atoms with Crippen LogP contribution < -0.4 is 4.74 Å². The zero-order chi connectivity index (χ0) is 21.9.